The number of rotatable bonds is 2. The fourth-order valence-electron chi connectivity index (χ4n) is 2.01. The Kier molecular flexibility index (Phi) is 1.89. The van der Waals surface area contributed by atoms with Crippen LogP contribution in [0.5, 0.6) is 0 Å². The number of hydrogen-bond acceptors (Lipinski definition) is 3. The zero-order valence-corrected chi connectivity index (χ0v) is 7.19. The maximum Gasteiger partial charge on any atom is 0.319 e. The molecular formula is C9H13NO2. The lowest BCUT2D eigenvalue weighted by atomic mass is 10.2. The fraction of sp³-hybridized carbons (Fsp3) is 0.667. The number of carbonyl (C=O) groups excluding carboxylic acids is 1. The Morgan fingerprint density at radius 1 is 1.67 bits per heavy atom. The molecule has 0 radical (unpaired) electrons. The van der Waals surface area contributed by atoms with Crippen molar-refractivity contribution in [1.82, 2.24) is 4.90 Å². The largest absolute Gasteiger partial charge is 0.468 e. The zero-order chi connectivity index (χ0) is 8.55. The Balaban J connectivity index is 1.91. The monoisotopic (exact) mass is 167 g/mol. The molecule has 2 rings (SSSR count). The minimum absolute atomic E-state index is 0.129. The van der Waals surface area contributed by atoms with Crippen molar-refractivity contribution in [2.24, 2.45) is 5.92 Å². The Bertz CT molecular complexity index is 225. The molecule has 0 unspecified atom stereocenters. The number of likely N-dealkylation sites (tertiary alicyclic amines) is 1. The summed E-state index contributed by atoms with van der Waals surface area (Å²) in [6.07, 6.45) is 5.63. The number of nitrogens with zero attached hydrogens (tertiary/aromatic N) is 1. The molecule has 2 atom stereocenters. The van der Waals surface area contributed by atoms with Crippen LogP contribution in [-0.2, 0) is 9.53 Å². The highest BCUT2D eigenvalue weighted by molar-refractivity contribution is 5.71. The number of ether oxygens (including phenoxy) is 1. The van der Waals surface area contributed by atoms with E-state index in [2.05, 4.69) is 21.8 Å². The summed E-state index contributed by atoms with van der Waals surface area (Å²) < 4.78 is 4.62. The molecule has 0 aromatic carbocycles. The summed E-state index contributed by atoms with van der Waals surface area (Å²) in [5.41, 5.74) is 0. The first-order valence-electron chi connectivity index (χ1n) is 4.29. The molecular weight excluding hydrogens is 154 g/mol. The van der Waals surface area contributed by atoms with Gasteiger partial charge in [-0.1, -0.05) is 12.2 Å². The van der Waals surface area contributed by atoms with E-state index in [1.807, 2.05) is 0 Å². The van der Waals surface area contributed by atoms with E-state index in [4.69, 9.17) is 0 Å². The highest BCUT2D eigenvalue weighted by Crippen LogP contribution is 2.30. The van der Waals surface area contributed by atoms with Crippen molar-refractivity contribution in [2.45, 2.75) is 12.5 Å². The normalized spacial score (nSPS) is 32.8. The predicted octanol–water partition coefficient (Wildman–Crippen LogP) is 0.420. The number of hydrogen-bond donors (Lipinski definition) is 0. The molecule has 1 aliphatic heterocycles. The molecule has 12 heavy (non-hydrogen) atoms. The molecule has 0 N–H and O–H groups in total. The van der Waals surface area contributed by atoms with Gasteiger partial charge in [-0.15, -0.1) is 0 Å². The Labute approximate surface area is 72.0 Å². The van der Waals surface area contributed by atoms with Crippen molar-refractivity contribution >= 4 is 5.97 Å². The minimum atomic E-state index is -0.129. The van der Waals surface area contributed by atoms with Gasteiger partial charge in [-0.2, -0.15) is 0 Å². The van der Waals surface area contributed by atoms with Gasteiger partial charge in [-0.25, -0.2) is 0 Å². The summed E-state index contributed by atoms with van der Waals surface area (Å²) in [4.78, 5) is 13.1. The van der Waals surface area contributed by atoms with Crippen LogP contribution in [0.4, 0.5) is 0 Å². The Hall–Kier alpha value is -0.830. The van der Waals surface area contributed by atoms with E-state index in [0.29, 0.717) is 18.5 Å². The van der Waals surface area contributed by atoms with Crippen LogP contribution >= 0.6 is 0 Å². The SMILES string of the molecule is COC(=O)CN1C[C@H]2C=C[C@H]1C2. The lowest BCUT2D eigenvalue weighted by molar-refractivity contribution is -0.142. The van der Waals surface area contributed by atoms with Gasteiger partial charge in [0.2, 0.25) is 0 Å². The van der Waals surface area contributed by atoms with E-state index >= 15 is 0 Å². The summed E-state index contributed by atoms with van der Waals surface area (Å²) in [6, 6.07) is 0.495. The molecule has 1 aliphatic carbocycles. The van der Waals surface area contributed by atoms with Crippen LogP contribution < -0.4 is 0 Å². The maximum absolute atomic E-state index is 11.0. The average molecular weight is 167 g/mol. The molecule has 1 saturated heterocycles. The second-order valence-corrected chi connectivity index (χ2v) is 3.45. The first-order valence-corrected chi connectivity index (χ1v) is 4.29. The van der Waals surface area contributed by atoms with Crippen molar-refractivity contribution in [3.8, 4) is 0 Å². The molecule has 1 heterocycles. The van der Waals surface area contributed by atoms with Gasteiger partial charge in [0.1, 0.15) is 0 Å². The van der Waals surface area contributed by atoms with E-state index in [1.54, 1.807) is 0 Å². The van der Waals surface area contributed by atoms with Crippen LogP contribution in [0.2, 0.25) is 0 Å². The van der Waals surface area contributed by atoms with Crippen LogP contribution in [0.15, 0.2) is 12.2 Å². The van der Waals surface area contributed by atoms with Crippen LogP contribution in [0.25, 0.3) is 0 Å². The van der Waals surface area contributed by atoms with Gasteiger partial charge in [-0.05, 0) is 12.3 Å². The first kappa shape index (κ1) is 7.80. The molecule has 0 aromatic heterocycles. The third kappa shape index (κ3) is 1.25. The molecule has 2 aliphatic rings. The van der Waals surface area contributed by atoms with Crippen molar-refractivity contribution in [1.29, 1.82) is 0 Å². The van der Waals surface area contributed by atoms with Crippen molar-refractivity contribution < 1.29 is 9.53 Å². The number of esters is 1. The summed E-state index contributed by atoms with van der Waals surface area (Å²) in [5.74, 6) is 0.551. The van der Waals surface area contributed by atoms with Gasteiger partial charge >= 0.3 is 5.97 Å². The van der Waals surface area contributed by atoms with Gasteiger partial charge in [0.15, 0.2) is 0 Å². The van der Waals surface area contributed by atoms with E-state index in [-0.39, 0.29) is 5.97 Å². The summed E-state index contributed by atoms with van der Waals surface area (Å²) >= 11 is 0. The van der Waals surface area contributed by atoms with Crippen LogP contribution in [-0.4, -0.2) is 37.1 Å². The van der Waals surface area contributed by atoms with Gasteiger partial charge in [-0.3, -0.25) is 9.69 Å². The van der Waals surface area contributed by atoms with Gasteiger partial charge in [0, 0.05) is 12.6 Å². The van der Waals surface area contributed by atoms with E-state index in [0.717, 1.165) is 6.54 Å². The molecule has 3 heteroatoms. The fourth-order valence-corrected chi connectivity index (χ4v) is 2.01. The molecule has 66 valence electrons. The Morgan fingerprint density at radius 2 is 2.50 bits per heavy atom. The number of fused-ring (bicyclic) bond motifs is 2. The molecule has 2 bridgehead atoms. The van der Waals surface area contributed by atoms with Crippen molar-refractivity contribution in [2.75, 3.05) is 20.2 Å². The third-order valence-corrected chi connectivity index (χ3v) is 2.65. The summed E-state index contributed by atoms with van der Waals surface area (Å²) in [6.45, 7) is 1.47. The third-order valence-electron chi connectivity index (χ3n) is 2.65. The minimum Gasteiger partial charge on any atom is -0.468 e. The lowest BCUT2D eigenvalue weighted by Gasteiger charge is -2.21. The van der Waals surface area contributed by atoms with Crippen molar-refractivity contribution in [3.63, 3.8) is 0 Å². The second-order valence-electron chi connectivity index (χ2n) is 3.45. The number of carbonyl (C=O) groups is 1. The number of methoxy groups -OCH3 is 1. The summed E-state index contributed by atoms with van der Waals surface area (Å²) in [5, 5.41) is 0. The van der Waals surface area contributed by atoms with Crippen LogP contribution in [0.1, 0.15) is 6.42 Å². The standard InChI is InChI=1S/C9H13NO2/c1-12-9(11)6-10-5-7-2-3-8(10)4-7/h2-3,7-8H,4-6H2,1H3/t7-,8-/m0/s1. The van der Waals surface area contributed by atoms with Crippen LogP contribution in [0, 0.1) is 5.92 Å². The second kappa shape index (κ2) is 2.90. The Morgan fingerprint density at radius 3 is 3.00 bits per heavy atom. The van der Waals surface area contributed by atoms with Crippen LogP contribution in [0.3, 0.4) is 0 Å². The van der Waals surface area contributed by atoms with Gasteiger partial charge in [0.05, 0.1) is 13.7 Å². The smallest absolute Gasteiger partial charge is 0.319 e. The van der Waals surface area contributed by atoms with E-state index in [9.17, 15) is 4.79 Å². The van der Waals surface area contributed by atoms with Crippen molar-refractivity contribution in [3.05, 3.63) is 12.2 Å². The highest BCUT2D eigenvalue weighted by atomic mass is 16.5. The zero-order valence-electron chi connectivity index (χ0n) is 7.19. The van der Waals surface area contributed by atoms with Gasteiger partial charge < -0.3 is 4.74 Å². The molecule has 0 spiro atoms. The predicted molar refractivity (Wildman–Crippen MR) is 44.6 cm³/mol. The van der Waals surface area contributed by atoms with E-state index in [1.165, 1.54) is 13.5 Å². The molecule has 0 amide bonds. The molecule has 0 aromatic rings. The molecule has 1 fully saturated rings. The topological polar surface area (TPSA) is 29.5 Å². The lowest BCUT2D eigenvalue weighted by Crippen LogP contribution is -2.35. The molecule has 3 nitrogen and oxygen atoms in total. The maximum atomic E-state index is 11.0. The van der Waals surface area contributed by atoms with Gasteiger partial charge in [0.25, 0.3) is 0 Å². The van der Waals surface area contributed by atoms with E-state index < -0.39 is 0 Å². The molecule has 0 saturated carbocycles. The first-order chi connectivity index (χ1) is 5.79. The summed E-state index contributed by atoms with van der Waals surface area (Å²) in [7, 11) is 1.44. The highest BCUT2D eigenvalue weighted by Gasteiger charge is 2.34. The quantitative estimate of drug-likeness (QED) is 0.441. The average Bonchev–Trinajstić information content (AvgIpc) is 2.64.